The van der Waals surface area contributed by atoms with Crippen molar-refractivity contribution >= 4 is 23.2 Å². The molecule has 2 N–H and O–H groups in total. The zero-order valence-electron chi connectivity index (χ0n) is 16.8. The van der Waals surface area contributed by atoms with Gasteiger partial charge in [0.25, 0.3) is 5.56 Å². The summed E-state index contributed by atoms with van der Waals surface area (Å²) in [6.45, 7) is 7.11. The summed E-state index contributed by atoms with van der Waals surface area (Å²) >= 11 is 0. The Bertz CT molecular complexity index is 1140. The van der Waals surface area contributed by atoms with Gasteiger partial charge in [0.2, 0.25) is 11.9 Å². The molecule has 0 aliphatic carbocycles. The predicted octanol–water partition coefficient (Wildman–Crippen LogP) is 4.00. The number of amides is 1. The molecule has 1 heterocycles. The third-order valence-electron chi connectivity index (χ3n) is 4.66. The molecule has 0 fully saturated rings. The first kappa shape index (κ1) is 20.3. The molecule has 3 rings (SSSR count). The van der Waals surface area contributed by atoms with E-state index in [0.29, 0.717) is 16.9 Å². The number of anilines is 3. The highest BCUT2D eigenvalue weighted by atomic mass is 19.1. The number of nitrogens with one attached hydrogen (secondary N) is 2. The number of halogens is 1. The molecule has 0 aliphatic rings. The van der Waals surface area contributed by atoms with Crippen molar-refractivity contribution in [3.8, 4) is 0 Å². The third kappa shape index (κ3) is 4.87. The maximum Gasteiger partial charge on any atom is 0.255 e. The van der Waals surface area contributed by atoms with Crippen LogP contribution in [0.2, 0.25) is 0 Å². The van der Waals surface area contributed by atoms with Crippen LogP contribution in [0.25, 0.3) is 0 Å². The van der Waals surface area contributed by atoms with E-state index in [1.165, 1.54) is 16.7 Å². The molecule has 29 heavy (non-hydrogen) atoms. The average molecular weight is 394 g/mol. The Morgan fingerprint density at radius 1 is 0.966 bits per heavy atom. The van der Waals surface area contributed by atoms with Gasteiger partial charge in [-0.1, -0.05) is 12.1 Å². The van der Waals surface area contributed by atoms with Gasteiger partial charge in [-0.2, -0.15) is 0 Å². The Kier molecular flexibility index (Phi) is 5.77. The summed E-state index contributed by atoms with van der Waals surface area (Å²) in [5, 5.41) is 5.73. The number of carbonyl (C=O) groups excluding carboxylic acids is 1. The van der Waals surface area contributed by atoms with Crippen molar-refractivity contribution in [3.63, 3.8) is 0 Å². The molecule has 0 radical (unpaired) electrons. The highest BCUT2D eigenvalue weighted by Crippen LogP contribution is 2.18. The summed E-state index contributed by atoms with van der Waals surface area (Å²) in [6, 6.07) is 11.6. The van der Waals surface area contributed by atoms with E-state index in [-0.39, 0.29) is 18.1 Å². The summed E-state index contributed by atoms with van der Waals surface area (Å²) in [5.41, 5.74) is 4.01. The Morgan fingerprint density at radius 2 is 1.66 bits per heavy atom. The number of hydrogen-bond acceptors (Lipinski definition) is 4. The van der Waals surface area contributed by atoms with E-state index in [1.54, 1.807) is 26.0 Å². The van der Waals surface area contributed by atoms with Crippen molar-refractivity contribution < 1.29 is 9.18 Å². The molecule has 150 valence electrons. The predicted molar refractivity (Wildman–Crippen MR) is 112 cm³/mol. The van der Waals surface area contributed by atoms with Gasteiger partial charge in [-0.25, -0.2) is 9.37 Å². The van der Waals surface area contributed by atoms with Crippen LogP contribution < -0.4 is 16.2 Å². The van der Waals surface area contributed by atoms with Crippen molar-refractivity contribution in [1.29, 1.82) is 0 Å². The van der Waals surface area contributed by atoms with Crippen molar-refractivity contribution in [3.05, 3.63) is 81.0 Å². The molecule has 0 atom stereocenters. The van der Waals surface area contributed by atoms with Crippen LogP contribution >= 0.6 is 0 Å². The molecule has 6 nitrogen and oxygen atoms in total. The van der Waals surface area contributed by atoms with Crippen LogP contribution in [0.15, 0.2) is 47.3 Å². The quantitative estimate of drug-likeness (QED) is 0.686. The minimum atomic E-state index is -0.454. The van der Waals surface area contributed by atoms with Crippen LogP contribution in [-0.2, 0) is 11.3 Å². The summed E-state index contributed by atoms with van der Waals surface area (Å²) in [4.78, 5) is 29.4. The van der Waals surface area contributed by atoms with Gasteiger partial charge in [0, 0.05) is 23.1 Å². The minimum absolute atomic E-state index is 0.255. The highest BCUT2D eigenvalue weighted by Gasteiger charge is 2.13. The van der Waals surface area contributed by atoms with Crippen LogP contribution in [0.1, 0.15) is 22.4 Å². The van der Waals surface area contributed by atoms with Crippen molar-refractivity contribution in [2.75, 3.05) is 10.6 Å². The fraction of sp³-hybridized carbons (Fsp3) is 0.227. The Balaban J connectivity index is 1.86. The van der Waals surface area contributed by atoms with Crippen LogP contribution in [0.3, 0.4) is 0 Å². The molecular weight excluding hydrogens is 371 g/mol. The van der Waals surface area contributed by atoms with Gasteiger partial charge in [-0.3, -0.25) is 14.2 Å². The smallest absolute Gasteiger partial charge is 0.255 e. The average Bonchev–Trinajstić information content (AvgIpc) is 2.64. The Hall–Kier alpha value is -3.48. The summed E-state index contributed by atoms with van der Waals surface area (Å²) in [7, 11) is 0. The molecule has 0 bridgehead atoms. The van der Waals surface area contributed by atoms with Crippen LogP contribution in [-0.4, -0.2) is 15.5 Å². The molecule has 0 saturated carbocycles. The second kappa shape index (κ2) is 8.26. The topological polar surface area (TPSA) is 76.0 Å². The summed E-state index contributed by atoms with van der Waals surface area (Å²) < 4.78 is 15.0. The number of aromatic nitrogens is 2. The first-order valence-electron chi connectivity index (χ1n) is 9.21. The van der Waals surface area contributed by atoms with Gasteiger partial charge in [0.1, 0.15) is 12.4 Å². The lowest BCUT2D eigenvalue weighted by Gasteiger charge is -2.15. The number of hydrogen-bond donors (Lipinski definition) is 2. The van der Waals surface area contributed by atoms with E-state index in [1.807, 2.05) is 32.0 Å². The number of rotatable bonds is 5. The fourth-order valence-corrected chi connectivity index (χ4v) is 2.83. The fourth-order valence-electron chi connectivity index (χ4n) is 2.83. The second-order valence-electron chi connectivity index (χ2n) is 7.08. The van der Waals surface area contributed by atoms with Gasteiger partial charge in [-0.15, -0.1) is 0 Å². The van der Waals surface area contributed by atoms with Gasteiger partial charge in [0.05, 0.1) is 0 Å². The lowest BCUT2D eigenvalue weighted by Crippen LogP contribution is -2.30. The molecule has 1 amide bonds. The maximum absolute atomic E-state index is 13.7. The standard InChI is InChI=1S/C22H23FN4O2/c1-13-5-7-17(9-15(13)3)26-22-24-16(4)10-21(29)27(22)12-20(28)25-18-8-6-14(2)19(23)11-18/h5-11H,12H2,1-4H3,(H,24,26)(H,25,28). The molecule has 1 aromatic heterocycles. The molecule has 7 heteroatoms. The molecule has 0 spiro atoms. The lowest BCUT2D eigenvalue weighted by molar-refractivity contribution is -0.116. The molecule has 0 unspecified atom stereocenters. The summed E-state index contributed by atoms with van der Waals surface area (Å²) in [6.07, 6.45) is 0. The molecule has 3 aromatic rings. The van der Waals surface area contributed by atoms with Gasteiger partial charge in [-0.05, 0) is 68.7 Å². The van der Waals surface area contributed by atoms with Crippen molar-refractivity contribution in [1.82, 2.24) is 9.55 Å². The van der Waals surface area contributed by atoms with E-state index in [9.17, 15) is 14.0 Å². The van der Waals surface area contributed by atoms with E-state index in [2.05, 4.69) is 15.6 Å². The van der Waals surface area contributed by atoms with Crippen LogP contribution in [0, 0.1) is 33.5 Å². The molecular formula is C22H23FN4O2. The molecule has 0 aliphatic heterocycles. The van der Waals surface area contributed by atoms with Gasteiger partial charge >= 0.3 is 0 Å². The number of aryl methyl sites for hydroxylation is 4. The number of carbonyl (C=O) groups is 1. The highest BCUT2D eigenvalue weighted by molar-refractivity contribution is 5.90. The van der Waals surface area contributed by atoms with E-state index < -0.39 is 11.7 Å². The summed E-state index contributed by atoms with van der Waals surface area (Å²) in [5.74, 6) is -0.596. The second-order valence-corrected chi connectivity index (χ2v) is 7.08. The normalized spacial score (nSPS) is 10.7. The zero-order valence-corrected chi connectivity index (χ0v) is 16.8. The van der Waals surface area contributed by atoms with E-state index in [4.69, 9.17) is 0 Å². The number of nitrogens with zero attached hydrogens (tertiary/aromatic N) is 2. The third-order valence-corrected chi connectivity index (χ3v) is 4.66. The van der Waals surface area contributed by atoms with Gasteiger partial charge in [0.15, 0.2) is 0 Å². The largest absolute Gasteiger partial charge is 0.326 e. The molecule has 0 saturated heterocycles. The minimum Gasteiger partial charge on any atom is -0.326 e. The number of benzene rings is 2. The lowest BCUT2D eigenvalue weighted by atomic mass is 10.1. The van der Waals surface area contributed by atoms with Gasteiger partial charge < -0.3 is 10.6 Å². The van der Waals surface area contributed by atoms with Crippen LogP contribution in [0.5, 0.6) is 0 Å². The first-order chi connectivity index (χ1) is 13.7. The van der Waals surface area contributed by atoms with Crippen LogP contribution in [0.4, 0.5) is 21.7 Å². The Morgan fingerprint density at radius 3 is 2.34 bits per heavy atom. The van der Waals surface area contributed by atoms with Crippen molar-refractivity contribution in [2.24, 2.45) is 0 Å². The Labute approximate surface area is 168 Å². The van der Waals surface area contributed by atoms with E-state index in [0.717, 1.165) is 16.8 Å². The molecule has 2 aromatic carbocycles. The van der Waals surface area contributed by atoms with E-state index >= 15 is 0 Å². The first-order valence-corrected chi connectivity index (χ1v) is 9.21. The van der Waals surface area contributed by atoms with Crippen molar-refractivity contribution in [2.45, 2.75) is 34.2 Å². The zero-order chi connectivity index (χ0) is 21.1. The maximum atomic E-state index is 13.7. The monoisotopic (exact) mass is 394 g/mol. The SMILES string of the molecule is Cc1cc(=O)n(CC(=O)Nc2ccc(C)c(F)c2)c(Nc2ccc(C)c(C)c2)n1.